The van der Waals surface area contributed by atoms with Crippen molar-refractivity contribution in [2.75, 3.05) is 19.0 Å². The molecule has 3 N–H and O–H groups in total. The predicted molar refractivity (Wildman–Crippen MR) is 79.1 cm³/mol. The van der Waals surface area contributed by atoms with Crippen LogP contribution in [0.25, 0.3) is 0 Å². The van der Waals surface area contributed by atoms with Crippen molar-refractivity contribution in [2.24, 2.45) is 11.1 Å². The Labute approximate surface area is 118 Å². The Morgan fingerprint density at radius 3 is 2.74 bits per heavy atom. The molecule has 0 spiro atoms. The molecule has 0 bridgehead atoms. The molecule has 1 amide bonds. The third-order valence-corrected chi connectivity index (χ3v) is 3.89. The summed E-state index contributed by atoms with van der Waals surface area (Å²) >= 11 is 4.99. The summed E-state index contributed by atoms with van der Waals surface area (Å²) in [6.45, 7) is 0.618. The molecule has 4 nitrogen and oxygen atoms in total. The van der Waals surface area contributed by atoms with Crippen LogP contribution in [0.2, 0.25) is 0 Å². The highest BCUT2D eigenvalue weighted by atomic mass is 32.1. The number of nitrogens with one attached hydrogen (secondary N) is 1. The molecule has 1 aliphatic carbocycles. The van der Waals surface area contributed by atoms with Crippen molar-refractivity contribution in [3.8, 4) is 0 Å². The SMILES string of the molecule is COCCc1ccccc1NC(=O)C1(C(N)=S)CC1. The lowest BCUT2D eigenvalue weighted by Crippen LogP contribution is -2.35. The molecule has 0 unspecified atom stereocenters. The molecule has 0 heterocycles. The van der Waals surface area contributed by atoms with Crippen LogP contribution in [0.3, 0.4) is 0 Å². The van der Waals surface area contributed by atoms with Crippen LogP contribution in [-0.4, -0.2) is 24.6 Å². The maximum Gasteiger partial charge on any atom is 0.237 e. The number of ether oxygens (including phenoxy) is 1. The Kier molecular flexibility index (Phi) is 4.17. The molecule has 1 aromatic rings. The summed E-state index contributed by atoms with van der Waals surface area (Å²) in [4.78, 5) is 12.5. The number of hydrogen-bond donors (Lipinski definition) is 2. The lowest BCUT2D eigenvalue weighted by molar-refractivity contribution is -0.118. The molecule has 5 heteroatoms. The van der Waals surface area contributed by atoms with Gasteiger partial charge in [0.15, 0.2) is 0 Å². The number of amides is 1. The Morgan fingerprint density at radius 1 is 1.47 bits per heavy atom. The van der Waals surface area contributed by atoms with Crippen molar-refractivity contribution in [1.29, 1.82) is 0 Å². The number of anilines is 1. The van der Waals surface area contributed by atoms with Gasteiger partial charge in [-0.1, -0.05) is 30.4 Å². The smallest absolute Gasteiger partial charge is 0.237 e. The van der Waals surface area contributed by atoms with E-state index in [4.69, 9.17) is 22.7 Å². The number of para-hydroxylation sites is 1. The Bertz CT molecular complexity index is 498. The van der Waals surface area contributed by atoms with Crippen molar-refractivity contribution in [2.45, 2.75) is 19.3 Å². The van der Waals surface area contributed by atoms with Gasteiger partial charge in [0.05, 0.1) is 17.0 Å². The van der Waals surface area contributed by atoms with Gasteiger partial charge >= 0.3 is 0 Å². The van der Waals surface area contributed by atoms with Crippen LogP contribution < -0.4 is 11.1 Å². The molecular weight excluding hydrogens is 260 g/mol. The second-order valence-electron chi connectivity index (χ2n) is 4.80. The number of carbonyl (C=O) groups excluding carboxylic acids is 1. The fraction of sp³-hybridized carbons (Fsp3) is 0.429. The zero-order valence-corrected chi connectivity index (χ0v) is 11.8. The van der Waals surface area contributed by atoms with Gasteiger partial charge in [0.2, 0.25) is 5.91 Å². The average Bonchev–Trinajstić information content (AvgIpc) is 3.19. The van der Waals surface area contributed by atoms with Gasteiger partial charge in [-0.15, -0.1) is 0 Å². The van der Waals surface area contributed by atoms with Gasteiger partial charge in [0.25, 0.3) is 0 Å². The topological polar surface area (TPSA) is 64.3 Å². The number of methoxy groups -OCH3 is 1. The van der Waals surface area contributed by atoms with Crippen LogP contribution in [0.5, 0.6) is 0 Å². The molecule has 1 aliphatic rings. The van der Waals surface area contributed by atoms with E-state index in [0.717, 1.165) is 30.5 Å². The second kappa shape index (κ2) is 5.67. The average molecular weight is 278 g/mol. The van der Waals surface area contributed by atoms with Gasteiger partial charge in [0.1, 0.15) is 0 Å². The number of thiocarbonyl (C=S) groups is 1. The van der Waals surface area contributed by atoms with Crippen molar-refractivity contribution < 1.29 is 9.53 Å². The van der Waals surface area contributed by atoms with Gasteiger partial charge < -0.3 is 15.8 Å². The molecule has 0 aliphatic heterocycles. The zero-order chi connectivity index (χ0) is 13.9. The minimum absolute atomic E-state index is 0.0927. The van der Waals surface area contributed by atoms with Gasteiger partial charge in [-0.3, -0.25) is 4.79 Å². The van der Waals surface area contributed by atoms with Gasteiger partial charge in [-0.25, -0.2) is 0 Å². The largest absolute Gasteiger partial charge is 0.392 e. The fourth-order valence-electron chi connectivity index (χ4n) is 2.02. The third-order valence-electron chi connectivity index (χ3n) is 3.50. The quantitative estimate of drug-likeness (QED) is 0.780. The molecule has 1 saturated carbocycles. The van der Waals surface area contributed by atoms with Crippen LogP contribution >= 0.6 is 12.2 Å². The zero-order valence-electron chi connectivity index (χ0n) is 10.9. The summed E-state index contributed by atoms with van der Waals surface area (Å²) in [5.74, 6) is -0.0927. The highest BCUT2D eigenvalue weighted by Gasteiger charge is 2.52. The number of rotatable bonds is 6. The third kappa shape index (κ3) is 2.93. The number of carbonyl (C=O) groups is 1. The lowest BCUT2D eigenvalue weighted by atomic mass is 10.1. The first-order chi connectivity index (χ1) is 9.10. The number of hydrogen-bond acceptors (Lipinski definition) is 3. The highest BCUT2D eigenvalue weighted by Crippen LogP contribution is 2.46. The molecule has 0 aromatic heterocycles. The molecule has 1 fully saturated rings. The molecular formula is C14H18N2O2S. The van der Waals surface area contributed by atoms with E-state index in [-0.39, 0.29) is 5.91 Å². The van der Waals surface area contributed by atoms with E-state index >= 15 is 0 Å². The standard InChI is InChI=1S/C14H18N2O2S/c1-18-9-6-10-4-2-3-5-11(10)16-13(17)14(7-8-14)12(15)19/h2-5H,6-9H2,1H3,(H2,15,19)(H,16,17). The molecule has 0 saturated heterocycles. The van der Waals surface area contributed by atoms with Gasteiger partial charge in [0, 0.05) is 12.8 Å². The van der Waals surface area contributed by atoms with Crippen molar-refractivity contribution in [3.63, 3.8) is 0 Å². The van der Waals surface area contributed by atoms with E-state index in [1.165, 1.54) is 0 Å². The van der Waals surface area contributed by atoms with Crippen molar-refractivity contribution in [3.05, 3.63) is 29.8 Å². The highest BCUT2D eigenvalue weighted by molar-refractivity contribution is 7.80. The summed E-state index contributed by atoms with van der Waals surface area (Å²) in [7, 11) is 1.66. The van der Waals surface area contributed by atoms with E-state index in [0.29, 0.717) is 11.6 Å². The predicted octanol–water partition coefficient (Wildman–Crippen LogP) is 1.88. The molecule has 0 radical (unpaired) electrons. The van der Waals surface area contributed by atoms with E-state index in [1.807, 2.05) is 24.3 Å². The monoisotopic (exact) mass is 278 g/mol. The lowest BCUT2D eigenvalue weighted by Gasteiger charge is -2.16. The van der Waals surface area contributed by atoms with E-state index in [2.05, 4.69) is 5.32 Å². The van der Waals surface area contributed by atoms with Crippen LogP contribution in [0.4, 0.5) is 5.69 Å². The Balaban J connectivity index is 2.11. The molecule has 2 rings (SSSR count). The minimum Gasteiger partial charge on any atom is -0.392 e. The Morgan fingerprint density at radius 2 is 2.16 bits per heavy atom. The maximum absolute atomic E-state index is 12.3. The summed E-state index contributed by atoms with van der Waals surface area (Å²) < 4.78 is 5.07. The molecule has 1 aromatic carbocycles. The summed E-state index contributed by atoms with van der Waals surface area (Å²) in [6.07, 6.45) is 2.25. The first-order valence-electron chi connectivity index (χ1n) is 6.28. The normalized spacial score (nSPS) is 15.8. The summed E-state index contributed by atoms with van der Waals surface area (Å²) in [5, 5.41) is 2.94. The van der Waals surface area contributed by atoms with E-state index in [9.17, 15) is 4.79 Å². The van der Waals surface area contributed by atoms with Gasteiger partial charge in [-0.05, 0) is 30.9 Å². The maximum atomic E-state index is 12.3. The first kappa shape index (κ1) is 14.0. The van der Waals surface area contributed by atoms with Crippen molar-refractivity contribution in [1.82, 2.24) is 0 Å². The van der Waals surface area contributed by atoms with Crippen LogP contribution in [0.1, 0.15) is 18.4 Å². The Hall–Kier alpha value is -1.46. The molecule has 19 heavy (non-hydrogen) atoms. The number of nitrogens with two attached hydrogens (primary N) is 1. The van der Waals surface area contributed by atoms with Crippen LogP contribution in [0.15, 0.2) is 24.3 Å². The van der Waals surface area contributed by atoms with Crippen molar-refractivity contribution >= 4 is 28.8 Å². The summed E-state index contributed by atoms with van der Waals surface area (Å²) in [6, 6.07) is 7.71. The van der Waals surface area contributed by atoms with Gasteiger partial charge in [-0.2, -0.15) is 0 Å². The molecule has 102 valence electrons. The van der Waals surface area contributed by atoms with E-state index in [1.54, 1.807) is 7.11 Å². The fourth-order valence-corrected chi connectivity index (χ4v) is 2.32. The summed E-state index contributed by atoms with van der Waals surface area (Å²) in [5.41, 5.74) is 6.90. The number of benzene rings is 1. The molecule has 0 atom stereocenters. The van der Waals surface area contributed by atoms with Crippen LogP contribution in [-0.2, 0) is 16.0 Å². The minimum atomic E-state index is -0.621. The van der Waals surface area contributed by atoms with E-state index < -0.39 is 5.41 Å². The van der Waals surface area contributed by atoms with Crippen LogP contribution in [0, 0.1) is 5.41 Å². The second-order valence-corrected chi connectivity index (χ2v) is 5.24. The first-order valence-corrected chi connectivity index (χ1v) is 6.69.